The summed E-state index contributed by atoms with van der Waals surface area (Å²) in [4.78, 5) is 27.5. The summed E-state index contributed by atoms with van der Waals surface area (Å²) >= 11 is 0. The van der Waals surface area contributed by atoms with Gasteiger partial charge in [-0.05, 0) is 56.5 Å². The molecular formula is C21H28N2O6. The topological polar surface area (TPSA) is 77.5 Å². The van der Waals surface area contributed by atoms with Crippen LogP contribution in [0.5, 0.6) is 11.5 Å². The third-order valence-electron chi connectivity index (χ3n) is 5.90. The number of likely N-dealkylation sites (tertiary alicyclic amines) is 1. The Morgan fingerprint density at radius 2 is 2.00 bits per heavy atom. The molecule has 4 rings (SSSR count). The lowest BCUT2D eigenvalue weighted by molar-refractivity contribution is 0.0461. The van der Waals surface area contributed by atoms with E-state index in [1.165, 1.54) is 7.11 Å². The fraction of sp³-hybridized carbons (Fsp3) is 0.619. The Morgan fingerprint density at radius 1 is 1.17 bits per heavy atom. The molecule has 3 heterocycles. The van der Waals surface area contributed by atoms with Crippen LogP contribution in [0.15, 0.2) is 18.2 Å². The average Bonchev–Trinajstić information content (AvgIpc) is 3.17. The van der Waals surface area contributed by atoms with E-state index in [1.807, 2.05) is 0 Å². The molecule has 2 fully saturated rings. The minimum atomic E-state index is -0.386. The summed E-state index contributed by atoms with van der Waals surface area (Å²) in [7, 11) is 1.36. The number of nitrogens with zero attached hydrogens (tertiary/aromatic N) is 2. The van der Waals surface area contributed by atoms with Crippen molar-refractivity contribution in [2.75, 3.05) is 53.0 Å². The number of hydrogen-bond donors (Lipinski definition) is 0. The third kappa shape index (κ3) is 4.75. The molecule has 158 valence electrons. The molecule has 0 N–H and O–H groups in total. The van der Waals surface area contributed by atoms with E-state index in [4.69, 9.17) is 18.9 Å². The second-order valence-corrected chi connectivity index (χ2v) is 7.84. The minimum absolute atomic E-state index is 0.0636. The number of ether oxygens (including phenoxy) is 4. The summed E-state index contributed by atoms with van der Waals surface area (Å²) in [6.45, 7) is 5.37. The van der Waals surface area contributed by atoms with Crippen molar-refractivity contribution < 1.29 is 28.5 Å². The molecular weight excluding hydrogens is 376 g/mol. The highest BCUT2D eigenvalue weighted by molar-refractivity contribution is 5.90. The number of carbonyl (C=O) groups excluding carboxylic acids is 2. The SMILES string of the molecule is COC(=O)c1ccc2c(c1)OC(CN1CCC(CCN3CCOC3=O)CC1)CO2. The normalized spacial score (nSPS) is 22.4. The first-order valence-corrected chi connectivity index (χ1v) is 10.3. The molecule has 0 spiro atoms. The van der Waals surface area contributed by atoms with Gasteiger partial charge in [0.05, 0.1) is 19.2 Å². The van der Waals surface area contributed by atoms with E-state index in [0.717, 1.165) is 52.0 Å². The van der Waals surface area contributed by atoms with Crippen LogP contribution in [0.3, 0.4) is 0 Å². The van der Waals surface area contributed by atoms with Crippen LogP contribution in [-0.4, -0.2) is 81.0 Å². The van der Waals surface area contributed by atoms with E-state index >= 15 is 0 Å². The molecule has 2 saturated heterocycles. The summed E-state index contributed by atoms with van der Waals surface area (Å²) in [6, 6.07) is 5.11. The van der Waals surface area contributed by atoms with Gasteiger partial charge in [-0.25, -0.2) is 9.59 Å². The zero-order valence-electron chi connectivity index (χ0n) is 16.8. The number of carbonyl (C=O) groups is 2. The lowest BCUT2D eigenvalue weighted by Gasteiger charge is -2.36. The van der Waals surface area contributed by atoms with Gasteiger partial charge in [0.15, 0.2) is 11.5 Å². The molecule has 0 aromatic heterocycles. The quantitative estimate of drug-likeness (QED) is 0.673. The monoisotopic (exact) mass is 404 g/mol. The van der Waals surface area contributed by atoms with Crippen molar-refractivity contribution in [3.63, 3.8) is 0 Å². The number of piperidine rings is 1. The Kier molecular flexibility index (Phi) is 6.08. The number of hydrogen-bond acceptors (Lipinski definition) is 7. The Morgan fingerprint density at radius 3 is 2.72 bits per heavy atom. The van der Waals surface area contributed by atoms with Crippen LogP contribution in [0.25, 0.3) is 0 Å². The maximum atomic E-state index is 11.7. The van der Waals surface area contributed by atoms with E-state index in [1.54, 1.807) is 23.1 Å². The van der Waals surface area contributed by atoms with Crippen molar-refractivity contribution in [3.8, 4) is 11.5 Å². The highest BCUT2D eigenvalue weighted by Gasteiger charge is 2.28. The van der Waals surface area contributed by atoms with E-state index in [0.29, 0.717) is 36.2 Å². The third-order valence-corrected chi connectivity index (χ3v) is 5.90. The van der Waals surface area contributed by atoms with Crippen molar-refractivity contribution in [2.24, 2.45) is 5.92 Å². The number of cyclic esters (lactones) is 1. The van der Waals surface area contributed by atoms with E-state index < -0.39 is 0 Å². The number of rotatable bonds is 6. The Labute approximate surface area is 170 Å². The van der Waals surface area contributed by atoms with Gasteiger partial charge in [-0.1, -0.05) is 0 Å². The number of esters is 1. The van der Waals surface area contributed by atoms with E-state index in [2.05, 4.69) is 4.90 Å². The molecule has 8 heteroatoms. The fourth-order valence-electron chi connectivity index (χ4n) is 4.16. The van der Waals surface area contributed by atoms with Crippen LogP contribution in [0, 0.1) is 5.92 Å². The number of methoxy groups -OCH3 is 1. The maximum absolute atomic E-state index is 11.7. The zero-order chi connectivity index (χ0) is 20.2. The molecule has 1 amide bonds. The minimum Gasteiger partial charge on any atom is -0.486 e. The van der Waals surface area contributed by atoms with Crippen molar-refractivity contribution in [1.29, 1.82) is 0 Å². The van der Waals surface area contributed by atoms with Crippen LogP contribution in [0.1, 0.15) is 29.6 Å². The number of fused-ring (bicyclic) bond motifs is 1. The van der Waals surface area contributed by atoms with Gasteiger partial charge in [-0.15, -0.1) is 0 Å². The number of benzene rings is 1. The standard InChI is InChI=1S/C21H28N2O6/c1-26-20(24)16-2-3-18-19(12-16)29-17(14-28-18)13-22-7-4-15(5-8-22)6-9-23-10-11-27-21(23)25/h2-3,12,15,17H,4-11,13-14H2,1H3. The van der Waals surface area contributed by atoms with Gasteiger partial charge in [0.25, 0.3) is 0 Å². The molecule has 1 aromatic carbocycles. The average molecular weight is 404 g/mol. The van der Waals surface area contributed by atoms with Crippen molar-refractivity contribution in [2.45, 2.75) is 25.4 Å². The molecule has 0 saturated carbocycles. The maximum Gasteiger partial charge on any atom is 0.409 e. The van der Waals surface area contributed by atoms with E-state index in [9.17, 15) is 9.59 Å². The van der Waals surface area contributed by atoms with Gasteiger partial charge >= 0.3 is 12.1 Å². The summed E-state index contributed by atoms with van der Waals surface area (Å²) in [5, 5.41) is 0. The lowest BCUT2D eigenvalue weighted by Crippen LogP contribution is -2.44. The molecule has 1 aromatic rings. The first-order valence-electron chi connectivity index (χ1n) is 10.3. The zero-order valence-corrected chi connectivity index (χ0v) is 16.8. The molecule has 0 aliphatic carbocycles. The summed E-state index contributed by atoms with van der Waals surface area (Å²) in [5.74, 6) is 1.51. The number of amides is 1. The smallest absolute Gasteiger partial charge is 0.409 e. The predicted molar refractivity (Wildman–Crippen MR) is 104 cm³/mol. The molecule has 8 nitrogen and oxygen atoms in total. The summed E-state index contributed by atoms with van der Waals surface area (Å²) in [5.41, 5.74) is 0.457. The fourth-order valence-corrected chi connectivity index (χ4v) is 4.16. The Balaban J connectivity index is 1.23. The predicted octanol–water partition coefficient (Wildman–Crippen LogP) is 2.17. The Hall–Kier alpha value is -2.48. The molecule has 3 aliphatic rings. The van der Waals surface area contributed by atoms with Gasteiger partial charge in [0, 0.05) is 13.1 Å². The second-order valence-electron chi connectivity index (χ2n) is 7.84. The van der Waals surface area contributed by atoms with Crippen LogP contribution >= 0.6 is 0 Å². The molecule has 0 radical (unpaired) electrons. The molecule has 3 aliphatic heterocycles. The highest BCUT2D eigenvalue weighted by Crippen LogP contribution is 2.33. The van der Waals surface area contributed by atoms with Crippen LogP contribution in [0.2, 0.25) is 0 Å². The molecule has 29 heavy (non-hydrogen) atoms. The van der Waals surface area contributed by atoms with Gasteiger partial charge in [0.2, 0.25) is 0 Å². The van der Waals surface area contributed by atoms with Gasteiger partial charge in [-0.2, -0.15) is 0 Å². The second kappa shape index (κ2) is 8.90. The first-order chi connectivity index (χ1) is 14.1. The largest absolute Gasteiger partial charge is 0.486 e. The summed E-state index contributed by atoms with van der Waals surface area (Å²) in [6.07, 6.45) is 3.05. The van der Waals surface area contributed by atoms with Crippen LogP contribution in [0.4, 0.5) is 4.79 Å². The van der Waals surface area contributed by atoms with Crippen LogP contribution < -0.4 is 9.47 Å². The van der Waals surface area contributed by atoms with Gasteiger partial charge in [-0.3, -0.25) is 4.90 Å². The molecule has 1 atom stereocenters. The first kappa shape index (κ1) is 19.8. The molecule has 0 bridgehead atoms. The van der Waals surface area contributed by atoms with Crippen molar-refractivity contribution in [3.05, 3.63) is 23.8 Å². The highest BCUT2D eigenvalue weighted by atomic mass is 16.6. The lowest BCUT2D eigenvalue weighted by atomic mass is 9.93. The van der Waals surface area contributed by atoms with Crippen molar-refractivity contribution >= 4 is 12.1 Å². The van der Waals surface area contributed by atoms with Crippen molar-refractivity contribution in [1.82, 2.24) is 9.80 Å². The summed E-state index contributed by atoms with van der Waals surface area (Å²) < 4.78 is 21.7. The van der Waals surface area contributed by atoms with Crippen LogP contribution in [-0.2, 0) is 9.47 Å². The van der Waals surface area contributed by atoms with E-state index in [-0.39, 0.29) is 18.2 Å². The molecule has 1 unspecified atom stereocenters. The Bertz CT molecular complexity index is 747. The van der Waals surface area contributed by atoms with Gasteiger partial charge in [0.1, 0.15) is 19.3 Å². The van der Waals surface area contributed by atoms with Gasteiger partial charge < -0.3 is 23.8 Å².